The molecule has 1 aromatic heterocycles. The van der Waals surface area contributed by atoms with Gasteiger partial charge in [-0.3, -0.25) is 57.6 Å². The van der Waals surface area contributed by atoms with E-state index in [0.29, 0.717) is 56.4 Å². The summed E-state index contributed by atoms with van der Waals surface area (Å²) in [5.74, 6) is -6.59. The van der Waals surface area contributed by atoms with Gasteiger partial charge in [0.25, 0.3) is 0 Å². The van der Waals surface area contributed by atoms with Crippen LogP contribution in [0.25, 0.3) is 11.0 Å². The zero-order valence-electron chi connectivity index (χ0n) is 58.2. The molecule has 0 spiro atoms. The number of aliphatic hydroxyl groups excluding tert-OH is 2. The Balaban J connectivity index is 1.24. The van der Waals surface area contributed by atoms with Gasteiger partial charge < -0.3 is 63.5 Å². The van der Waals surface area contributed by atoms with Crippen molar-refractivity contribution >= 4 is 77.7 Å². The van der Waals surface area contributed by atoms with Crippen molar-refractivity contribution in [2.24, 2.45) is 60.3 Å². The fourth-order valence-electron chi connectivity index (χ4n) is 15.7. The van der Waals surface area contributed by atoms with E-state index in [1.54, 1.807) is 4.57 Å². The summed E-state index contributed by atoms with van der Waals surface area (Å²) >= 11 is 0. The smallest absolute Gasteiger partial charge is 0.469 e. The van der Waals surface area contributed by atoms with Gasteiger partial charge in [-0.25, -0.2) is 9.55 Å². The number of nitrogens with one attached hydrogen (secondary N) is 2. The molecule has 2 fully saturated rings. The molecule has 2 saturated heterocycles. The minimum atomic E-state index is -5.08. The number of allylic oxidation sites excluding steroid dienone is 6. The Bertz CT molecular complexity index is 3650. The lowest BCUT2D eigenvalue weighted by Crippen LogP contribution is -2.55. The van der Waals surface area contributed by atoms with Crippen molar-refractivity contribution in [1.82, 2.24) is 20.2 Å². The van der Waals surface area contributed by atoms with Crippen LogP contribution in [0.3, 0.4) is 0 Å². The van der Waals surface area contributed by atoms with Gasteiger partial charge in [0.15, 0.2) is 6.23 Å². The van der Waals surface area contributed by atoms with Crippen molar-refractivity contribution in [3.05, 3.63) is 63.9 Å². The highest BCUT2D eigenvalue weighted by atomic mass is 31.2. The Labute approximate surface area is 560 Å². The Morgan fingerprint density at radius 1 is 0.750 bits per heavy atom. The van der Waals surface area contributed by atoms with Crippen molar-refractivity contribution in [3.8, 4) is 0 Å². The summed E-state index contributed by atoms with van der Waals surface area (Å²) < 4.78 is 64.4. The summed E-state index contributed by atoms with van der Waals surface area (Å²) in [4.78, 5) is 130. The summed E-state index contributed by atoms with van der Waals surface area (Å²) in [5.41, 5.74) is 1.34. The minimum absolute atomic E-state index is 0.00428. The summed E-state index contributed by atoms with van der Waals surface area (Å²) in [6.07, 6.45) is -3.99. The van der Waals surface area contributed by atoms with E-state index in [1.165, 1.54) is 55.9 Å². The number of fused-ring (bicyclic) bond motifs is 7. The van der Waals surface area contributed by atoms with Gasteiger partial charge >= 0.3 is 43.6 Å². The third kappa shape index (κ3) is 14.3. The molecule has 1 amide bonds. The van der Waals surface area contributed by atoms with Crippen LogP contribution in [0.15, 0.2) is 67.8 Å². The number of amides is 1. The van der Waals surface area contributed by atoms with E-state index in [0.717, 1.165) is 11.1 Å². The van der Waals surface area contributed by atoms with Gasteiger partial charge in [0, 0.05) is 112 Å². The van der Waals surface area contributed by atoms with Crippen LogP contribution in [0, 0.1) is 59.2 Å². The van der Waals surface area contributed by atoms with Crippen LogP contribution in [-0.4, -0.2) is 175 Å². The number of carbonyl (C=O) groups excluding carboxylic acids is 7. The first-order valence-electron chi connectivity index (χ1n) is 32.5. The van der Waals surface area contributed by atoms with Gasteiger partial charge in [0.1, 0.15) is 18.3 Å². The second-order valence-corrected chi connectivity index (χ2v) is 29.1. The SMILES string of the molecule is COC(=O)CC[C@@H]1/C2=C(\C)C3=N[C@@H]([C@H](CC(=O)OC)[C@@]3(C)CCC(=O)NC[C@@H](C)OP(=O)(O)OC3[C@@H](O)[C@@H](n4cnc5cc(C)c(C)cc54)O[C@@H]3CO)[C@@]3(C)N=C(C(C)=C4N/C(=C\C(=N2)C1(C)C)[C@@H](CCC(=O)OC)[C@]4(C)CC(=O)OC)[C@@H](CCC(=O)OC)[C@]3(C)CC(=O)OC. The highest BCUT2D eigenvalue weighted by Gasteiger charge is 2.67. The Kier molecular flexibility index (Phi) is 22.8. The van der Waals surface area contributed by atoms with E-state index in [2.05, 4.69) is 15.6 Å². The van der Waals surface area contributed by atoms with Gasteiger partial charge in [-0.2, -0.15) is 0 Å². The number of phosphoric ester groups is 1. The second-order valence-electron chi connectivity index (χ2n) is 27.7. The van der Waals surface area contributed by atoms with Crippen LogP contribution in [0.4, 0.5) is 0 Å². The van der Waals surface area contributed by atoms with Gasteiger partial charge in [0.05, 0.1) is 104 Å². The van der Waals surface area contributed by atoms with E-state index in [-0.39, 0.29) is 77.2 Å². The Hall–Kier alpha value is -7.00. The molecule has 96 heavy (non-hydrogen) atoms. The number of aryl methyl sites for hydroxylation is 2. The van der Waals surface area contributed by atoms with Gasteiger partial charge in [-0.15, -0.1) is 0 Å². The quantitative estimate of drug-likeness (QED) is 0.0350. The standard InChI is InChI=1S/C68H96N7O20P/c1-35-26-45-46(27-36(35)2)75(34-70-45)63-58(84)59(47(33-76)93-63)95-96(85,86)94-37(3)32-69-49(77)24-25-65(8)43(28-53(81)90-15)62-68(11)67(10,31-55(83)92-17)42(20-23-52(80)89-14)57(74-68)39(5)61-66(9,30-54(82)91-16)40(18-21-50(78)87-12)44(71-61)29-48-64(6,7)41(19-22-51(79)88-13)56(72-48)38(4)60(65)73-62/h26-27,29,34,37,40-43,47,58-59,62-63,71,76,84H,18-25,28,30-33H2,1-17H3,(H,69,77)(H,85,86)/b44-29-,56-38-,61-39?/t37-,40-,41-,42-,43+,47-,58-,59?,62+,63+,65-,66+,67+,68-/m1/s1. The number of imidazole rings is 1. The average molecular weight is 1360 g/mol. The molecule has 528 valence electrons. The molecule has 28 heteroatoms. The van der Waals surface area contributed by atoms with Gasteiger partial charge in [0.2, 0.25) is 5.91 Å². The Morgan fingerprint density at radius 2 is 1.32 bits per heavy atom. The van der Waals surface area contributed by atoms with Gasteiger partial charge in [-0.05, 0) is 108 Å². The number of ether oxygens (including phenoxy) is 7. The third-order valence-electron chi connectivity index (χ3n) is 21.7. The van der Waals surface area contributed by atoms with Crippen molar-refractivity contribution in [3.63, 3.8) is 0 Å². The Morgan fingerprint density at radius 3 is 1.92 bits per heavy atom. The lowest BCUT2D eigenvalue weighted by atomic mass is 9.55. The lowest BCUT2D eigenvalue weighted by molar-refractivity contribution is -0.147. The molecule has 7 heterocycles. The zero-order valence-corrected chi connectivity index (χ0v) is 59.1. The predicted octanol–water partition coefficient (Wildman–Crippen LogP) is 7.29. The van der Waals surface area contributed by atoms with Crippen molar-refractivity contribution in [2.75, 3.05) is 55.8 Å². The molecule has 0 saturated carbocycles. The zero-order chi connectivity index (χ0) is 70.9. The van der Waals surface area contributed by atoms with Crippen LogP contribution >= 0.6 is 7.82 Å². The van der Waals surface area contributed by atoms with E-state index >= 15 is 0 Å². The molecule has 5 N–H and O–H groups in total. The van der Waals surface area contributed by atoms with Crippen LogP contribution in [-0.2, 0) is 80.3 Å². The number of benzene rings is 1. The highest BCUT2D eigenvalue weighted by Crippen LogP contribution is 2.63. The molecule has 8 bridgehead atoms. The fourth-order valence-corrected chi connectivity index (χ4v) is 16.9. The third-order valence-corrected chi connectivity index (χ3v) is 22.9. The number of hydrogen-bond acceptors (Lipinski definition) is 24. The van der Waals surface area contributed by atoms with Crippen molar-refractivity contribution in [1.29, 1.82) is 0 Å². The first-order valence-corrected chi connectivity index (χ1v) is 34.0. The molecule has 8 rings (SSSR count). The lowest BCUT2D eigenvalue weighted by Gasteiger charge is -2.48. The second kappa shape index (κ2) is 29.2. The maximum Gasteiger partial charge on any atom is 0.472 e. The molecule has 1 aromatic carbocycles. The number of carbonyl (C=O) groups is 7. The molecular formula is C68H96N7O20P. The topological polar surface area (TPSA) is 359 Å². The molecule has 0 aliphatic carbocycles. The first kappa shape index (κ1) is 74.8. The monoisotopic (exact) mass is 1360 g/mol. The summed E-state index contributed by atoms with van der Waals surface area (Å²) in [7, 11) is 2.62. The molecule has 2 unspecified atom stereocenters. The molecule has 27 nitrogen and oxygen atoms in total. The number of esters is 6. The average Bonchev–Trinajstić information content (AvgIpc) is 1.53. The van der Waals surface area contributed by atoms with Crippen LogP contribution in [0.1, 0.15) is 150 Å². The molecular weight excluding hydrogens is 1270 g/mol. The van der Waals surface area contributed by atoms with Crippen LogP contribution in [0.5, 0.6) is 0 Å². The first-order chi connectivity index (χ1) is 45.1. The van der Waals surface area contributed by atoms with E-state index in [9.17, 15) is 53.2 Å². The summed E-state index contributed by atoms with van der Waals surface area (Å²) in [5, 5.41) is 28.4. The molecule has 2 aromatic rings. The van der Waals surface area contributed by atoms with Crippen LogP contribution in [0.2, 0.25) is 0 Å². The number of hydrogen-bond donors (Lipinski definition) is 5. The molecule has 0 radical (unpaired) electrons. The van der Waals surface area contributed by atoms with E-state index in [4.69, 9.17) is 57.2 Å². The molecule has 15 atom stereocenters. The summed E-state index contributed by atoms with van der Waals surface area (Å²) in [6, 6.07) is 2.71. The number of nitrogens with zero attached hydrogens (tertiary/aromatic N) is 5. The number of rotatable bonds is 26. The summed E-state index contributed by atoms with van der Waals surface area (Å²) in [6.45, 7) is 19.6. The van der Waals surface area contributed by atoms with E-state index in [1.807, 2.05) is 87.4 Å². The number of methoxy groups -OCH3 is 6. The van der Waals surface area contributed by atoms with Crippen molar-refractivity contribution < 1.29 is 95.4 Å². The number of aromatic nitrogens is 2. The van der Waals surface area contributed by atoms with Crippen molar-refractivity contribution in [2.45, 2.75) is 189 Å². The van der Waals surface area contributed by atoms with Crippen LogP contribution < -0.4 is 10.6 Å². The number of phosphoric acid groups is 1. The fraction of sp³-hybridized carbons (Fsp3) is 0.662. The predicted molar refractivity (Wildman–Crippen MR) is 351 cm³/mol. The minimum Gasteiger partial charge on any atom is -0.469 e. The number of aliphatic hydroxyl groups is 2. The van der Waals surface area contributed by atoms with Gasteiger partial charge in [-0.1, -0.05) is 34.6 Å². The van der Waals surface area contributed by atoms with E-state index < -0.39 is 144 Å². The molecule has 6 aliphatic heterocycles. The number of aliphatic imine (C=N–C) groups is 3. The largest absolute Gasteiger partial charge is 0.472 e. The normalized spacial score (nSPS) is 31.9. The highest BCUT2D eigenvalue weighted by molar-refractivity contribution is 7.47. The molecule has 6 aliphatic rings. The maximum absolute atomic E-state index is 14.5. The maximum atomic E-state index is 14.5.